The molecule has 0 atom stereocenters. The molecule has 6 heteroatoms. The van der Waals surface area contributed by atoms with Gasteiger partial charge in [0.1, 0.15) is 0 Å². The quantitative estimate of drug-likeness (QED) is 0.751. The molecule has 1 aromatic carbocycles. The number of nitrogens with zero attached hydrogens (tertiary/aromatic N) is 2. The van der Waals surface area contributed by atoms with Crippen molar-refractivity contribution in [2.45, 2.75) is 18.9 Å². The number of hydrogen-bond acceptors (Lipinski definition) is 3. The molecule has 0 unspecified atom stereocenters. The van der Waals surface area contributed by atoms with Crippen LogP contribution in [0.5, 0.6) is 0 Å². The lowest BCUT2D eigenvalue weighted by molar-refractivity contribution is 0.376. The summed E-state index contributed by atoms with van der Waals surface area (Å²) in [5.74, 6) is 0. The molecule has 2 aromatic heterocycles. The minimum absolute atomic E-state index is 0.385. The van der Waals surface area contributed by atoms with Crippen LogP contribution in [0.4, 0.5) is 0 Å². The maximum Gasteiger partial charge on any atom is 0.332 e. The predicted molar refractivity (Wildman–Crippen MR) is 89.3 cm³/mol. The Labute approximate surface area is 132 Å². The van der Waals surface area contributed by atoms with Crippen molar-refractivity contribution in [1.82, 2.24) is 19.4 Å². The zero-order chi connectivity index (χ0) is 15.8. The summed E-state index contributed by atoms with van der Waals surface area (Å²) in [4.78, 5) is 25.4. The fraction of sp³-hybridized carbons (Fsp3) is 0.294. The van der Waals surface area contributed by atoms with Gasteiger partial charge in [-0.15, -0.1) is 0 Å². The fourth-order valence-corrected chi connectivity index (χ4v) is 3.33. The van der Waals surface area contributed by atoms with Gasteiger partial charge in [-0.2, -0.15) is 0 Å². The predicted octanol–water partition coefficient (Wildman–Crippen LogP) is 1.40. The largest absolute Gasteiger partial charge is 0.344 e. The molecule has 1 fully saturated rings. The third-order valence-electron chi connectivity index (χ3n) is 4.51. The fourth-order valence-electron chi connectivity index (χ4n) is 3.33. The van der Waals surface area contributed by atoms with Crippen molar-refractivity contribution in [3.63, 3.8) is 0 Å². The van der Waals surface area contributed by atoms with Gasteiger partial charge >= 0.3 is 5.69 Å². The first-order chi connectivity index (χ1) is 11.2. The molecule has 0 radical (unpaired) electrons. The van der Waals surface area contributed by atoms with Crippen molar-refractivity contribution in [3.8, 4) is 5.69 Å². The number of aromatic amines is 1. The molecular formula is C17H18N4O2. The first kappa shape index (κ1) is 14.0. The molecule has 3 aromatic rings. The maximum absolute atomic E-state index is 11.9. The number of H-pyrrole nitrogens is 1. The van der Waals surface area contributed by atoms with E-state index in [-0.39, 0.29) is 5.56 Å². The van der Waals surface area contributed by atoms with Crippen molar-refractivity contribution < 1.29 is 0 Å². The second kappa shape index (κ2) is 5.55. The van der Waals surface area contributed by atoms with Crippen LogP contribution in [0.3, 0.4) is 0 Å². The molecule has 0 saturated carbocycles. The summed E-state index contributed by atoms with van der Waals surface area (Å²) in [5, 5.41) is 4.48. The van der Waals surface area contributed by atoms with Crippen LogP contribution >= 0.6 is 0 Å². The Kier molecular flexibility index (Phi) is 3.38. The second-order valence-electron chi connectivity index (χ2n) is 5.93. The Morgan fingerprint density at radius 1 is 1.00 bits per heavy atom. The maximum atomic E-state index is 11.9. The zero-order valence-electron chi connectivity index (χ0n) is 12.7. The van der Waals surface area contributed by atoms with E-state index < -0.39 is 5.69 Å². The molecule has 0 spiro atoms. The highest BCUT2D eigenvalue weighted by atomic mass is 16.2. The van der Waals surface area contributed by atoms with Crippen LogP contribution in [0.1, 0.15) is 18.9 Å². The van der Waals surface area contributed by atoms with Gasteiger partial charge in [-0.1, -0.05) is 0 Å². The van der Waals surface area contributed by atoms with Crippen LogP contribution in [0.25, 0.3) is 16.6 Å². The van der Waals surface area contributed by atoms with E-state index in [9.17, 15) is 9.59 Å². The summed E-state index contributed by atoms with van der Waals surface area (Å²) in [6.07, 6.45) is 5.89. The molecule has 4 rings (SSSR count). The molecule has 1 aliphatic heterocycles. The third kappa shape index (κ3) is 2.51. The standard InChI is InChI=1S/C17H18N4O2/c22-16-6-10-21(17(23)19-16)14-1-2-15-12(11-14)5-9-20(15)13-3-7-18-8-4-13/h1-2,5-6,9-11,13,18H,3-4,7-8H2,(H,19,22,23). The number of rotatable bonds is 2. The van der Waals surface area contributed by atoms with Gasteiger partial charge in [0.05, 0.1) is 5.69 Å². The number of aromatic nitrogens is 3. The molecule has 0 aliphatic carbocycles. The van der Waals surface area contributed by atoms with Crippen LogP contribution in [-0.4, -0.2) is 27.2 Å². The van der Waals surface area contributed by atoms with Crippen molar-refractivity contribution in [1.29, 1.82) is 0 Å². The average Bonchev–Trinajstić information content (AvgIpc) is 2.99. The summed E-state index contributed by atoms with van der Waals surface area (Å²) in [6, 6.07) is 9.90. The molecule has 6 nitrogen and oxygen atoms in total. The highest BCUT2D eigenvalue weighted by Crippen LogP contribution is 2.26. The van der Waals surface area contributed by atoms with Gasteiger partial charge in [-0.3, -0.25) is 14.3 Å². The van der Waals surface area contributed by atoms with Gasteiger partial charge < -0.3 is 9.88 Å². The number of piperidine rings is 1. The Hall–Kier alpha value is -2.60. The monoisotopic (exact) mass is 310 g/mol. The van der Waals surface area contributed by atoms with Gasteiger partial charge in [0, 0.05) is 35.4 Å². The molecule has 1 aliphatic rings. The molecule has 1 saturated heterocycles. The average molecular weight is 310 g/mol. The van der Waals surface area contributed by atoms with Gasteiger partial charge in [-0.05, 0) is 50.2 Å². The Morgan fingerprint density at radius 3 is 2.61 bits per heavy atom. The Morgan fingerprint density at radius 2 is 1.83 bits per heavy atom. The van der Waals surface area contributed by atoms with Gasteiger partial charge in [0.25, 0.3) is 5.56 Å². The lowest BCUT2D eigenvalue weighted by Crippen LogP contribution is -2.29. The van der Waals surface area contributed by atoms with E-state index in [1.54, 1.807) is 0 Å². The smallest absolute Gasteiger partial charge is 0.332 e. The zero-order valence-corrected chi connectivity index (χ0v) is 12.7. The van der Waals surface area contributed by atoms with E-state index in [2.05, 4.69) is 27.1 Å². The van der Waals surface area contributed by atoms with Crippen LogP contribution in [-0.2, 0) is 0 Å². The van der Waals surface area contributed by atoms with E-state index in [0.717, 1.165) is 37.0 Å². The SMILES string of the molecule is O=c1ccn(-c2ccc3c(ccn3C3CCNCC3)c2)c(=O)[nH]1. The topological polar surface area (TPSA) is 71.8 Å². The van der Waals surface area contributed by atoms with Crippen molar-refractivity contribution in [3.05, 3.63) is 63.6 Å². The van der Waals surface area contributed by atoms with E-state index in [4.69, 9.17) is 0 Å². The van der Waals surface area contributed by atoms with Crippen LogP contribution in [0.2, 0.25) is 0 Å². The van der Waals surface area contributed by atoms with Crippen LogP contribution in [0.15, 0.2) is 52.3 Å². The first-order valence-electron chi connectivity index (χ1n) is 7.86. The molecular weight excluding hydrogens is 292 g/mol. The number of benzene rings is 1. The van der Waals surface area contributed by atoms with Crippen molar-refractivity contribution >= 4 is 10.9 Å². The van der Waals surface area contributed by atoms with Gasteiger partial charge in [0.2, 0.25) is 0 Å². The Bertz CT molecular complexity index is 960. The number of hydrogen-bond donors (Lipinski definition) is 2. The summed E-state index contributed by atoms with van der Waals surface area (Å²) in [5.41, 5.74) is 1.12. The van der Waals surface area contributed by atoms with E-state index in [1.165, 1.54) is 22.3 Å². The minimum Gasteiger partial charge on any atom is -0.344 e. The Balaban J connectivity index is 1.77. The van der Waals surface area contributed by atoms with Gasteiger partial charge in [0.15, 0.2) is 0 Å². The third-order valence-corrected chi connectivity index (χ3v) is 4.51. The van der Waals surface area contributed by atoms with Crippen molar-refractivity contribution in [2.75, 3.05) is 13.1 Å². The van der Waals surface area contributed by atoms with E-state index in [1.807, 2.05) is 18.2 Å². The molecule has 2 N–H and O–H groups in total. The van der Waals surface area contributed by atoms with E-state index >= 15 is 0 Å². The first-order valence-corrected chi connectivity index (χ1v) is 7.86. The number of fused-ring (bicyclic) bond motifs is 1. The van der Waals surface area contributed by atoms with E-state index in [0.29, 0.717) is 6.04 Å². The lowest BCUT2D eigenvalue weighted by atomic mass is 10.1. The van der Waals surface area contributed by atoms with Crippen LogP contribution in [0, 0.1) is 0 Å². The highest BCUT2D eigenvalue weighted by molar-refractivity contribution is 5.82. The molecule has 23 heavy (non-hydrogen) atoms. The van der Waals surface area contributed by atoms with Crippen LogP contribution < -0.4 is 16.6 Å². The number of nitrogens with one attached hydrogen (secondary N) is 2. The minimum atomic E-state index is -0.422. The van der Waals surface area contributed by atoms with Crippen molar-refractivity contribution in [2.24, 2.45) is 0 Å². The second-order valence-corrected chi connectivity index (χ2v) is 5.93. The summed E-state index contributed by atoms with van der Waals surface area (Å²) in [7, 11) is 0. The molecule has 118 valence electrons. The normalized spacial score (nSPS) is 16.0. The van der Waals surface area contributed by atoms with Gasteiger partial charge in [-0.25, -0.2) is 4.79 Å². The molecule has 0 amide bonds. The molecule has 3 heterocycles. The highest BCUT2D eigenvalue weighted by Gasteiger charge is 2.16. The summed E-state index contributed by atoms with van der Waals surface area (Å²) >= 11 is 0. The summed E-state index contributed by atoms with van der Waals surface area (Å²) in [6.45, 7) is 2.10. The summed E-state index contributed by atoms with van der Waals surface area (Å²) < 4.78 is 3.78. The lowest BCUT2D eigenvalue weighted by Gasteiger charge is -2.25. The molecule has 0 bridgehead atoms.